The first kappa shape index (κ1) is 25.1. The van der Waals surface area contributed by atoms with Crippen LogP contribution >= 0.6 is 11.6 Å². The number of fused-ring (bicyclic) bond motifs is 4. The molecule has 0 amide bonds. The Bertz CT molecular complexity index is 1470. The number of alkyl halides is 1. The van der Waals surface area contributed by atoms with Gasteiger partial charge in [-0.05, 0) is 80.1 Å². The van der Waals surface area contributed by atoms with Gasteiger partial charge in [0.25, 0.3) is 0 Å². The van der Waals surface area contributed by atoms with E-state index < -0.39 is 6.17 Å². The van der Waals surface area contributed by atoms with E-state index in [1.54, 1.807) is 12.1 Å². The predicted molar refractivity (Wildman–Crippen MR) is 154 cm³/mol. The molecule has 2 bridgehead atoms. The second-order valence-electron chi connectivity index (χ2n) is 12.6. The third kappa shape index (κ3) is 4.30. The Morgan fingerprint density at radius 1 is 1.10 bits per heavy atom. The molecular weight excluding hydrogens is 529 g/mol. The van der Waals surface area contributed by atoms with Gasteiger partial charge in [0.2, 0.25) is 5.88 Å². The molecule has 0 spiro atoms. The molecule has 40 heavy (non-hydrogen) atoms. The first-order chi connectivity index (χ1) is 19.4. The number of nitrogens with zero attached hydrogens (tertiary/aromatic N) is 4. The van der Waals surface area contributed by atoms with E-state index in [4.69, 9.17) is 26.3 Å². The minimum absolute atomic E-state index is 0.144. The monoisotopic (exact) mass is 563 g/mol. The molecule has 3 aromatic rings. The fourth-order valence-electron chi connectivity index (χ4n) is 7.80. The summed E-state index contributed by atoms with van der Waals surface area (Å²) in [4.78, 5) is 14.6. The Morgan fingerprint density at radius 3 is 2.73 bits per heavy atom. The number of aromatic hydroxyl groups is 1. The topological polar surface area (TPSA) is 73.8 Å². The van der Waals surface area contributed by atoms with Crippen LogP contribution in [0.25, 0.3) is 22.0 Å². The number of piperazine rings is 1. The number of nitrogens with one attached hydrogen (secondary N) is 1. The average Bonchev–Trinajstić information content (AvgIpc) is 3.51. The van der Waals surface area contributed by atoms with Crippen LogP contribution in [0.3, 0.4) is 0 Å². The summed E-state index contributed by atoms with van der Waals surface area (Å²) >= 11 is 6.62. The van der Waals surface area contributed by atoms with E-state index in [-0.39, 0.29) is 11.3 Å². The SMILES string of the molecule is Oc1cc(Cl)c(C2CC2)c(-c2cc3cc(OC[C@@]45CCCN4C[C@H](F)C5)nc(N4CC5CCC(C4)N5)c3cn2)c1. The number of ether oxygens (including phenoxy) is 1. The van der Waals surface area contributed by atoms with Crippen LogP contribution in [0, 0.1) is 0 Å². The van der Waals surface area contributed by atoms with Crippen molar-refractivity contribution in [2.24, 2.45) is 0 Å². The molecule has 2 unspecified atom stereocenters. The summed E-state index contributed by atoms with van der Waals surface area (Å²) in [6, 6.07) is 8.42. The molecule has 4 saturated heterocycles. The number of pyridine rings is 2. The summed E-state index contributed by atoms with van der Waals surface area (Å²) in [5.74, 6) is 2.02. The average molecular weight is 564 g/mol. The molecule has 6 heterocycles. The molecule has 4 atom stereocenters. The van der Waals surface area contributed by atoms with Crippen LogP contribution < -0.4 is 15.0 Å². The van der Waals surface area contributed by atoms with Crippen molar-refractivity contribution in [3.63, 3.8) is 0 Å². The van der Waals surface area contributed by atoms with Crippen LogP contribution in [0.15, 0.2) is 30.5 Å². The second-order valence-corrected chi connectivity index (χ2v) is 13.1. The normalized spacial score (nSPS) is 29.9. The molecule has 4 aliphatic heterocycles. The standard InChI is InChI=1S/C31H35ClFN5O2/c32-26-11-23(39)10-24(29(26)18-2-3-18)27-8-19-9-28(40-17-31-6-1-7-38(31)14-20(33)12-31)36-30(25(19)13-34-27)37-15-21-4-5-22(16-37)35-21/h8-11,13,18,20-22,35,39H,1-7,12,14-17H2/t20-,21?,22?,31+/m1/s1. The smallest absolute Gasteiger partial charge is 0.215 e. The van der Waals surface area contributed by atoms with E-state index >= 15 is 0 Å². The van der Waals surface area contributed by atoms with E-state index in [9.17, 15) is 9.50 Å². The van der Waals surface area contributed by atoms with Gasteiger partial charge < -0.3 is 20.1 Å². The lowest BCUT2D eigenvalue weighted by molar-refractivity contribution is 0.111. The number of halogens is 2. The molecule has 8 rings (SSSR count). The van der Waals surface area contributed by atoms with E-state index in [1.165, 1.54) is 12.8 Å². The molecular formula is C31H35ClFN5O2. The largest absolute Gasteiger partial charge is 0.508 e. The quantitative estimate of drug-likeness (QED) is 0.414. The van der Waals surface area contributed by atoms with Gasteiger partial charge in [-0.1, -0.05) is 11.6 Å². The van der Waals surface area contributed by atoms with Gasteiger partial charge in [0.05, 0.1) is 11.2 Å². The first-order valence-electron chi connectivity index (χ1n) is 14.8. The number of anilines is 1. The second kappa shape index (κ2) is 9.43. The highest BCUT2D eigenvalue weighted by Gasteiger charge is 2.49. The van der Waals surface area contributed by atoms with Crippen molar-refractivity contribution in [1.29, 1.82) is 0 Å². The molecule has 5 aliphatic rings. The van der Waals surface area contributed by atoms with Crippen LogP contribution in [0.1, 0.15) is 56.4 Å². The lowest BCUT2D eigenvalue weighted by atomic mass is 9.95. The fraction of sp³-hybridized carbons (Fsp3) is 0.548. The number of hydrogen-bond donors (Lipinski definition) is 2. The maximum Gasteiger partial charge on any atom is 0.215 e. The highest BCUT2D eigenvalue weighted by atomic mass is 35.5. The third-order valence-electron chi connectivity index (χ3n) is 9.81. The van der Waals surface area contributed by atoms with Gasteiger partial charge in [0.15, 0.2) is 0 Å². The van der Waals surface area contributed by atoms with Gasteiger partial charge in [-0.25, -0.2) is 4.39 Å². The Hall–Kier alpha value is -2.68. The highest BCUT2D eigenvalue weighted by Crippen LogP contribution is 2.49. The molecule has 2 aromatic heterocycles. The van der Waals surface area contributed by atoms with Crippen LogP contribution in [-0.2, 0) is 0 Å². The van der Waals surface area contributed by atoms with E-state index in [0.717, 1.165) is 78.7 Å². The zero-order chi connectivity index (χ0) is 27.0. The van der Waals surface area contributed by atoms with Gasteiger partial charge >= 0.3 is 0 Å². The maximum absolute atomic E-state index is 14.4. The lowest BCUT2D eigenvalue weighted by Crippen LogP contribution is -2.51. The Labute approximate surface area is 238 Å². The molecule has 0 radical (unpaired) electrons. The number of hydrogen-bond acceptors (Lipinski definition) is 7. The first-order valence-corrected chi connectivity index (χ1v) is 15.2. The number of aromatic nitrogens is 2. The zero-order valence-electron chi connectivity index (χ0n) is 22.6. The summed E-state index contributed by atoms with van der Waals surface area (Å²) in [6.07, 6.45) is 8.27. The predicted octanol–water partition coefficient (Wildman–Crippen LogP) is 5.43. The van der Waals surface area contributed by atoms with Crippen LogP contribution in [0.2, 0.25) is 5.02 Å². The molecule has 5 fully saturated rings. The van der Waals surface area contributed by atoms with Gasteiger partial charge in [0.1, 0.15) is 24.3 Å². The Kier molecular flexibility index (Phi) is 5.91. The molecule has 1 aromatic carbocycles. The van der Waals surface area contributed by atoms with Crippen molar-refractivity contribution < 1.29 is 14.2 Å². The molecule has 210 valence electrons. The molecule has 1 saturated carbocycles. The summed E-state index contributed by atoms with van der Waals surface area (Å²) in [7, 11) is 0. The molecule has 7 nitrogen and oxygen atoms in total. The summed E-state index contributed by atoms with van der Waals surface area (Å²) in [5, 5.41) is 16.7. The van der Waals surface area contributed by atoms with Crippen molar-refractivity contribution in [1.82, 2.24) is 20.2 Å². The lowest BCUT2D eigenvalue weighted by Gasteiger charge is -2.35. The summed E-state index contributed by atoms with van der Waals surface area (Å²) in [6.45, 7) is 3.70. The minimum Gasteiger partial charge on any atom is -0.508 e. The van der Waals surface area contributed by atoms with E-state index in [1.807, 2.05) is 12.3 Å². The van der Waals surface area contributed by atoms with E-state index in [2.05, 4.69) is 21.2 Å². The van der Waals surface area contributed by atoms with Gasteiger partial charge in [-0.15, -0.1) is 0 Å². The van der Waals surface area contributed by atoms with Crippen molar-refractivity contribution in [2.75, 3.05) is 37.7 Å². The minimum atomic E-state index is -0.788. The Balaban J connectivity index is 1.20. The van der Waals surface area contributed by atoms with Crippen LogP contribution in [0.5, 0.6) is 11.6 Å². The third-order valence-corrected chi connectivity index (χ3v) is 10.1. The summed E-state index contributed by atoms with van der Waals surface area (Å²) < 4.78 is 20.9. The molecule has 2 N–H and O–H groups in total. The number of benzene rings is 1. The highest BCUT2D eigenvalue weighted by molar-refractivity contribution is 6.32. The van der Waals surface area contributed by atoms with Gasteiger partial charge in [0, 0.05) is 66.4 Å². The van der Waals surface area contributed by atoms with Crippen LogP contribution in [0.4, 0.5) is 10.2 Å². The van der Waals surface area contributed by atoms with E-state index in [0.29, 0.717) is 48.5 Å². The molecule has 1 aliphatic carbocycles. The maximum atomic E-state index is 14.4. The number of rotatable bonds is 6. The number of phenols is 1. The molecule has 9 heteroatoms. The van der Waals surface area contributed by atoms with Gasteiger partial charge in [-0.2, -0.15) is 4.98 Å². The van der Waals surface area contributed by atoms with Gasteiger partial charge in [-0.3, -0.25) is 9.88 Å². The fourth-order valence-corrected chi connectivity index (χ4v) is 8.17. The number of phenolic OH excluding ortho intramolecular Hbond substituents is 1. The van der Waals surface area contributed by atoms with Crippen molar-refractivity contribution >= 4 is 28.2 Å². The van der Waals surface area contributed by atoms with Crippen molar-refractivity contribution in [3.05, 3.63) is 41.0 Å². The Morgan fingerprint density at radius 2 is 1.93 bits per heavy atom. The van der Waals surface area contributed by atoms with Crippen LogP contribution in [-0.4, -0.2) is 76.6 Å². The summed E-state index contributed by atoms with van der Waals surface area (Å²) in [5.41, 5.74) is 2.51. The van der Waals surface area contributed by atoms with Crippen molar-refractivity contribution in [3.8, 4) is 22.9 Å². The van der Waals surface area contributed by atoms with Crippen molar-refractivity contribution in [2.45, 2.75) is 74.7 Å². The zero-order valence-corrected chi connectivity index (χ0v) is 23.3.